The number of hydrogen-bond acceptors (Lipinski definition) is 3. The van der Waals surface area contributed by atoms with Gasteiger partial charge in [-0.2, -0.15) is 0 Å². The van der Waals surface area contributed by atoms with E-state index in [0.29, 0.717) is 25.9 Å². The summed E-state index contributed by atoms with van der Waals surface area (Å²) in [5, 5.41) is 9.63. The molecule has 1 heterocycles. The fraction of sp³-hybridized carbons (Fsp3) is 0.579. The highest BCUT2D eigenvalue weighted by molar-refractivity contribution is 5.81. The fourth-order valence-electron chi connectivity index (χ4n) is 4.27. The quantitative estimate of drug-likeness (QED) is 0.901. The SMILES string of the molecule is COc1ccc(C(C)CC(=O)N2C[C@@H]3CCC[C@@]3(C(=O)O)C2)cc1. The number of amides is 1. The molecule has 2 aliphatic rings. The molecular weight excluding hydrogens is 306 g/mol. The van der Waals surface area contributed by atoms with Crippen LogP contribution in [0.3, 0.4) is 0 Å². The molecule has 0 spiro atoms. The van der Waals surface area contributed by atoms with Gasteiger partial charge in [-0.3, -0.25) is 9.59 Å². The predicted molar refractivity (Wildman–Crippen MR) is 90.0 cm³/mol. The Morgan fingerprint density at radius 2 is 2.08 bits per heavy atom. The Bertz CT molecular complexity index is 627. The van der Waals surface area contributed by atoms with Crippen molar-refractivity contribution in [2.75, 3.05) is 20.2 Å². The van der Waals surface area contributed by atoms with Crippen LogP contribution in [0, 0.1) is 11.3 Å². The molecule has 0 bridgehead atoms. The molecule has 2 fully saturated rings. The normalized spacial score (nSPS) is 26.9. The van der Waals surface area contributed by atoms with Crippen LogP contribution in [-0.4, -0.2) is 42.1 Å². The van der Waals surface area contributed by atoms with Gasteiger partial charge in [-0.25, -0.2) is 0 Å². The molecule has 1 saturated heterocycles. The zero-order chi connectivity index (χ0) is 17.3. The number of methoxy groups -OCH3 is 1. The molecular formula is C19H25NO4. The third-order valence-corrected chi connectivity index (χ3v) is 5.82. The first kappa shape index (κ1) is 16.8. The summed E-state index contributed by atoms with van der Waals surface area (Å²) in [5.41, 5.74) is 0.399. The van der Waals surface area contributed by atoms with E-state index in [-0.39, 0.29) is 17.7 Å². The zero-order valence-corrected chi connectivity index (χ0v) is 14.3. The van der Waals surface area contributed by atoms with E-state index in [1.807, 2.05) is 31.2 Å². The minimum atomic E-state index is -0.733. The lowest BCUT2D eigenvalue weighted by Gasteiger charge is -2.24. The van der Waals surface area contributed by atoms with Gasteiger partial charge in [0.05, 0.1) is 12.5 Å². The Kier molecular flexibility index (Phi) is 4.52. The number of carbonyl (C=O) groups excluding carboxylic acids is 1. The number of fused-ring (bicyclic) bond motifs is 1. The Labute approximate surface area is 142 Å². The van der Waals surface area contributed by atoms with Crippen LogP contribution >= 0.6 is 0 Å². The molecule has 5 heteroatoms. The molecule has 1 amide bonds. The Balaban J connectivity index is 1.64. The average molecular weight is 331 g/mol. The zero-order valence-electron chi connectivity index (χ0n) is 14.3. The predicted octanol–water partition coefficient (Wildman–Crippen LogP) is 2.90. The van der Waals surface area contributed by atoms with Crippen LogP contribution in [0.15, 0.2) is 24.3 Å². The number of benzene rings is 1. The second-order valence-corrected chi connectivity index (χ2v) is 7.20. The maximum atomic E-state index is 12.7. The number of hydrogen-bond donors (Lipinski definition) is 1. The van der Waals surface area contributed by atoms with Gasteiger partial charge < -0.3 is 14.7 Å². The maximum Gasteiger partial charge on any atom is 0.311 e. The van der Waals surface area contributed by atoms with Gasteiger partial charge in [-0.05, 0) is 42.4 Å². The summed E-state index contributed by atoms with van der Waals surface area (Å²) >= 11 is 0. The molecule has 1 N–H and O–H groups in total. The standard InChI is InChI=1S/C19H25NO4/c1-13(14-5-7-16(24-2)8-6-14)10-17(21)20-11-15-4-3-9-19(15,12-20)18(22)23/h5-8,13,15H,3-4,9-12H2,1-2H3,(H,22,23)/t13?,15-,19+/m0/s1. The van der Waals surface area contributed by atoms with Crippen molar-refractivity contribution in [3.8, 4) is 5.75 Å². The monoisotopic (exact) mass is 331 g/mol. The summed E-state index contributed by atoms with van der Waals surface area (Å²) in [6.45, 7) is 3.01. The highest BCUT2D eigenvalue weighted by Gasteiger charge is 2.55. The second-order valence-electron chi connectivity index (χ2n) is 7.20. The van der Waals surface area contributed by atoms with Crippen LogP contribution < -0.4 is 4.74 Å². The lowest BCUT2D eigenvalue weighted by atomic mass is 9.81. The molecule has 1 unspecified atom stereocenters. The number of ether oxygens (including phenoxy) is 1. The minimum Gasteiger partial charge on any atom is -0.497 e. The third kappa shape index (κ3) is 2.87. The molecule has 1 aliphatic heterocycles. The summed E-state index contributed by atoms with van der Waals surface area (Å²) in [7, 11) is 1.63. The summed E-state index contributed by atoms with van der Waals surface area (Å²) in [6, 6.07) is 7.76. The molecule has 130 valence electrons. The van der Waals surface area contributed by atoms with Crippen LogP contribution in [0.2, 0.25) is 0 Å². The van der Waals surface area contributed by atoms with E-state index < -0.39 is 11.4 Å². The van der Waals surface area contributed by atoms with Crippen molar-refractivity contribution in [1.82, 2.24) is 4.90 Å². The molecule has 0 aromatic heterocycles. The van der Waals surface area contributed by atoms with Gasteiger partial charge in [0.1, 0.15) is 5.75 Å². The van der Waals surface area contributed by atoms with E-state index >= 15 is 0 Å². The highest BCUT2D eigenvalue weighted by Crippen LogP contribution is 2.49. The van der Waals surface area contributed by atoms with Gasteiger partial charge in [0.2, 0.25) is 5.91 Å². The van der Waals surface area contributed by atoms with Crippen molar-refractivity contribution >= 4 is 11.9 Å². The van der Waals surface area contributed by atoms with Crippen LogP contribution in [0.25, 0.3) is 0 Å². The molecule has 3 rings (SSSR count). The first-order chi connectivity index (χ1) is 11.5. The molecule has 1 aromatic rings. The van der Waals surface area contributed by atoms with Crippen molar-refractivity contribution in [3.63, 3.8) is 0 Å². The van der Waals surface area contributed by atoms with E-state index in [1.54, 1.807) is 12.0 Å². The largest absolute Gasteiger partial charge is 0.497 e. The van der Waals surface area contributed by atoms with Gasteiger partial charge in [0.15, 0.2) is 0 Å². The topological polar surface area (TPSA) is 66.8 Å². The summed E-state index contributed by atoms with van der Waals surface area (Å²) in [4.78, 5) is 26.2. The van der Waals surface area contributed by atoms with E-state index in [9.17, 15) is 14.7 Å². The minimum absolute atomic E-state index is 0.0633. The molecule has 1 aromatic carbocycles. The summed E-state index contributed by atoms with van der Waals surface area (Å²) < 4.78 is 5.16. The van der Waals surface area contributed by atoms with E-state index in [1.165, 1.54) is 0 Å². The van der Waals surface area contributed by atoms with Gasteiger partial charge >= 0.3 is 5.97 Å². The molecule has 1 saturated carbocycles. The number of carboxylic acids is 1. The van der Waals surface area contributed by atoms with Crippen LogP contribution in [-0.2, 0) is 9.59 Å². The van der Waals surface area contributed by atoms with E-state index in [4.69, 9.17) is 4.74 Å². The van der Waals surface area contributed by atoms with Gasteiger partial charge in [0.25, 0.3) is 0 Å². The molecule has 1 aliphatic carbocycles. The maximum absolute atomic E-state index is 12.7. The average Bonchev–Trinajstić information content (AvgIpc) is 3.13. The molecule has 5 nitrogen and oxygen atoms in total. The van der Waals surface area contributed by atoms with Gasteiger partial charge in [0, 0.05) is 19.5 Å². The highest BCUT2D eigenvalue weighted by atomic mass is 16.5. The summed E-state index contributed by atoms with van der Waals surface area (Å²) in [6.07, 6.45) is 2.99. The van der Waals surface area contributed by atoms with E-state index in [0.717, 1.165) is 24.2 Å². The van der Waals surface area contributed by atoms with Crippen molar-refractivity contribution in [1.29, 1.82) is 0 Å². The summed E-state index contributed by atoms with van der Waals surface area (Å²) in [5.74, 6) is 0.352. The third-order valence-electron chi connectivity index (χ3n) is 5.82. The molecule has 24 heavy (non-hydrogen) atoms. The molecule has 3 atom stereocenters. The van der Waals surface area contributed by atoms with Crippen molar-refractivity contribution in [2.24, 2.45) is 11.3 Å². The lowest BCUT2D eigenvalue weighted by Crippen LogP contribution is -2.37. The number of rotatable bonds is 5. The van der Waals surface area contributed by atoms with E-state index in [2.05, 4.69) is 0 Å². The van der Waals surface area contributed by atoms with Crippen LogP contribution in [0.4, 0.5) is 0 Å². The molecule has 0 radical (unpaired) electrons. The van der Waals surface area contributed by atoms with Gasteiger partial charge in [-0.1, -0.05) is 25.5 Å². The van der Waals surface area contributed by atoms with Gasteiger partial charge in [-0.15, -0.1) is 0 Å². The first-order valence-electron chi connectivity index (χ1n) is 8.61. The number of aliphatic carboxylic acids is 1. The number of nitrogens with zero attached hydrogens (tertiary/aromatic N) is 1. The second kappa shape index (κ2) is 6.46. The van der Waals surface area contributed by atoms with Crippen molar-refractivity contribution in [3.05, 3.63) is 29.8 Å². The smallest absolute Gasteiger partial charge is 0.311 e. The van der Waals surface area contributed by atoms with Crippen molar-refractivity contribution in [2.45, 2.75) is 38.5 Å². The fourth-order valence-corrected chi connectivity index (χ4v) is 4.27. The number of likely N-dealkylation sites (tertiary alicyclic amines) is 1. The number of carbonyl (C=O) groups is 2. The van der Waals surface area contributed by atoms with Crippen molar-refractivity contribution < 1.29 is 19.4 Å². The Morgan fingerprint density at radius 3 is 2.67 bits per heavy atom. The first-order valence-corrected chi connectivity index (χ1v) is 8.61. The Morgan fingerprint density at radius 1 is 1.38 bits per heavy atom. The lowest BCUT2D eigenvalue weighted by molar-refractivity contribution is -0.149. The van der Waals surface area contributed by atoms with Crippen LogP contribution in [0.1, 0.15) is 44.1 Å². The number of carboxylic acid groups (broad SMARTS) is 1. The van der Waals surface area contributed by atoms with Crippen LogP contribution in [0.5, 0.6) is 5.75 Å². The Hall–Kier alpha value is -2.04.